The Kier molecular flexibility index (Phi) is 5.83. The molecule has 0 saturated heterocycles. The average molecular weight is 260 g/mol. The summed E-state index contributed by atoms with van der Waals surface area (Å²) < 4.78 is 0. The SMILES string of the molecule is CCN(CCC#N)C(=O)Nc1ccc(C(C)N)cc1. The van der Waals surface area contributed by atoms with E-state index in [1.54, 1.807) is 4.90 Å². The number of nitrogens with one attached hydrogen (secondary N) is 1. The van der Waals surface area contributed by atoms with Crippen LogP contribution >= 0.6 is 0 Å². The quantitative estimate of drug-likeness (QED) is 0.853. The summed E-state index contributed by atoms with van der Waals surface area (Å²) in [6, 6.07) is 9.27. The van der Waals surface area contributed by atoms with E-state index in [1.807, 2.05) is 44.2 Å². The van der Waals surface area contributed by atoms with Crippen molar-refractivity contribution in [1.82, 2.24) is 4.90 Å². The lowest BCUT2D eigenvalue weighted by atomic mass is 10.1. The van der Waals surface area contributed by atoms with Gasteiger partial charge in [-0.05, 0) is 31.5 Å². The van der Waals surface area contributed by atoms with Crippen LogP contribution in [-0.4, -0.2) is 24.0 Å². The molecule has 19 heavy (non-hydrogen) atoms. The highest BCUT2D eigenvalue weighted by molar-refractivity contribution is 5.89. The molecule has 0 radical (unpaired) electrons. The van der Waals surface area contributed by atoms with Crippen LogP contribution < -0.4 is 11.1 Å². The van der Waals surface area contributed by atoms with Crippen molar-refractivity contribution in [2.24, 2.45) is 5.73 Å². The summed E-state index contributed by atoms with van der Waals surface area (Å²) in [4.78, 5) is 13.5. The topological polar surface area (TPSA) is 82.2 Å². The van der Waals surface area contributed by atoms with Gasteiger partial charge >= 0.3 is 6.03 Å². The van der Waals surface area contributed by atoms with Gasteiger partial charge in [0.15, 0.2) is 0 Å². The molecule has 0 aromatic heterocycles. The van der Waals surface area contributed by atoms with E-state index < -0.39 is 0 Å². The van der Waals surface area contributed by atoms with Crippen molar-refractivity contribution in [2.75, 3.05) is 18.4 Å². The van der Waals surface area contributed by atoms with Crippen molar-refractivity contribution in [1.29, 1.82) is 5.26 Å². The molecule has 0 fully saturated rings. The summed E-state index contributed by atoms with van der Waals surface area (Å²) >= 11 is 0. The number of nitrogens with two attached hydrogens (primary N) is 1. The molecular formula is C14H20N4O. The van der Waals surface area contributed by atoms with Gasteiger partial charge in [-0.2, -0.15) is 5.26 Å². The molecular weight excluding hydrogens is 240 g/mol. The number of nitrogens with zero attached hydrogens (tertiary/aromatic N) is 2. The number of carbonyl (C=O) groups excluding carboxylic acids is 1. The summed E-state index contributed by atoms with van der Waals surface area (Å²) in [7, 11) is 0. The first-order valence-electron chi connectivity index (χ1n) is 6.37. The van der Waals surface area contributed by atoms with E-state index in [2.05, 4.69) is 5.32 Å². The normalized spacial score (nSPS) is 11.5. The van der Waals surface area contributed by atoms with E-state index in [4.69, 9.17) is 11.0 Å². The van der Waals surface area contributed by atoms with Crippen molar-refractivity contribution >= 4 is 11.7 Å². The van der Waals surface area contributed by atoms with Crippen LogP contribution in [0.3, 0.4) is 0 Å². The molecule has 0 aliphatic rings. The Balaban J connectivity index is 2.62. The molecule has 5 heteroatoms. The standard InChI is InChI=1S/C14H20N4O/c1-3-18(10-4-9-15)14(19)17-13-7-5-12(6-8-13)11(2)16/h5-8,11H,3-4,10,16H2,1-2H3,(H,17,19). The number of hydrogen-bond acceptors (Lipinski definition) is 3. The Labute approximate surface area is 114 Å². The molecule has 5 nitrogen and oxygen atoms in total. The number of rotatable bonds is 5. The molecule has 1 aromatic rings. The lowest BCUT2D eigenvalue weighted by Gasteiger charge is -2.20. The number of carbonyl (C=O) groups is 1. The van der Waals surface area contributed by atoms with Crippen LogP contribution in [0, 0.1) is 11.3 Å². The largest absolute Gasteiger partial charge is 0.324 e. The fourth-order valence-electron chi connectivity index (χ4n) is 1.66. The minimum absolute atomic E-state index is 0.0208. The number of hydrogen-bond donors (Lipinski definition) is 2. The molecule has 0 saturated carbocycles. The van der Waals surface area contributed by atoms with Crippen molar-refractivity contribution in [3.8, 4) is 6.07 Å². The fourth-order valence-corrected chi connectivity index (χ4v) is 1.66. The molecule has 1 aromatic carbocycles. The highest BCUT2D eigenvalue weighted by atomic mass is 16.2. The molecule has 2 amide bonds. The zero-order valence-corrected chi connectivity index (χ0v) is 11.4. The summed E-state index contributed by atoms with van der Waals surface area (Å²) in [6.45, 7) is 4.81. The van der Waals surface area contributed by atoms with E-state index >= 15 is 0 Å². The van der Waals surface area contributed by atoms with Crippen molar-refractivity contribution in [3.05, 3.63) is 29.8 Å². The van der Waals surface area contributed by atoms with Crippen LogP contribution in [0.2, 0.25) is 0 Å². The number of anilines is 1. The van der Waals surface area contributed by atoms with Gasteiger partial charge in [0.05, 0.1) is 12.5 Å². The Hall–Kier alpha value is -2.06. The first kappa shape index (κ1) is 15.0. The first-order chi connectivity index (χ1) is 9.08. The summed E-state index contributed by atoms with van der Waals surface area (Å²) in [5.74, 6) is 0. The lowest BCUT2D eigenvalue weighted by molar-refractivity contribution is 0.215. The Morgan fingerprint density at radius 2 is 2.11 bits per heavy atom. The van der Waals surface area contributed by atoms with Gasteiger partial charge in [0.2, 0.25) is 0 Å². The van der Waals surface area contributed by atoms with Crippen LogP contribution in [0.4, 0.5) is 10.5 Å². The monoisotopic (exact) mass is 260 g/mol. The van der Waals surface area contributed by atoms with Gasteiger partial charge in [0.25, 0.3) is 0 Å². The van der Waals surface area contributed by atoms with Crippen molar-refractivity contribution < 1.29 is 4.79 Å². The molecule has 0 spiro atoms. The maximum absolute atomic E-state index is 11.9. The molecule has 1 unspecified atom stereocenters. The molecule has 0 heterocycles. The number of benzene rings is 1. The van der Waals surface area contributed by atoms with Crippen LogP contribution in [0.1, 0.15) is 31.9 Å². The first-order valence-corrected chi connectivity index (χ1v) is 6.37. The molecule has 3 N–H and O–H groups in total. The third-order valence-corrected chi connectivity index (χ3v) is 2.85. The zero-order valence-electron chi connectivity index (χ0n) is 11.4. The molecule has 1 rings (SSSR count). The highest BCUT2D eigenvalue weighted by Crippen LogP contribution is 2.14. The Morgan fingerprint density at radius 3 is 2.58 bits per heavy atom. The highest BCUT2D eigenvalue weighted by Gasteiger charge is 2.11. The summed E-state index contributed by atoms with van der Waals surface area (Å²) in [5.41, 5.74) is 7.51. The second-order valence-electron chi connectivity index (χ2n) is 4.33. The minimum Gasteiger partial charge on any atom is -0.324 e. The number of nitriles is 1. The Bertz CT molecular complexity index is 448. The van der Waals surface area contributed by atoms with Crippen LogP contribution in [0.5, 0.6) is 0 Å². The van der Waals surface area contributed by atoms with Gasteiger partial charge in [0.1, 0.15) is 0 Å². The predicted molar refractivity (Wildman–Crippen MR) is 75.5 cm³/mol. The third-order valence-electron chi connectivity index (χ3n) is 2.85. The van der Waals surface area contributed by atoms with E-state index in [9.17, 15) is 4.79 Å². The van der Waals surface area contributed by atoms with Gasteiger partial charge in [-0.3, -0.25) is 0 Å². The van der Waals surface area contributed by atoms with E-state index in [0.29, 0.717) is 19.5 Å². The van der Waals surface area contributed by atoms with Crippen molar-refractivity contribution in [3.63, 3.8) is 0 Å². The number of urea groups is 1. The van der Waals surface area contributed by atoms with Crippen LogP contribution in [-0.2, 0) is 0 Å². The molecule has 0 aliphatic heterocycles. The second kappa shape index (κ2) is 7.39. The summed E-state index contributed by atoms with van der Waals surface area (Å²) in [6.07, 6.45) is 0.338. The van der Waals surface area contributed by atoms with Crippen molar-refractivity contribution in [2.45, 2.75) is 26.3 Å². The lowest BCUT2D eigenvalue weighted by Crippen LogP contribution is -2.35. The molecule has 1 atom stereocenters. The van der Waals surface area contributed by atoms with Crippen LogP contribution in [0.15, 0.2) is 24.3 Å². The smallest absolute Gasteiger partial charge is 0.321 e. The fraction of sp³-hybridized carbons (Fsp3) is 0.429. The molecule has 102 valence electrons. The predicted octanol–water partition coefficient (Wildman–Crippen LogP) is 2.47. The summed E-state index contributed by atoms with van der Waals surface area (Å²) in [5, 5.41) is 11.3. The average Bonchev–Trinajstić information content (AvgIpc) is 2.40. The van der Waals surface area contributed by atoms with Gasteiger partial charge in [-0.25, -0.2) is 4.79 Å². The van der Waals surface area contributed by atoms with E-state index in [-0.39, 0.29) is 12.1 Å². The maximum Gasteiger partial charge on any atom is 0.321 e. The van der Waals surface area contributed by atoms with Gasteiger partial charge < -0.3 is 16.0 Å². The molecule has 0 aliphatic carbocycles. The van der Waals surface area contributed by atoms with Gasteiger partial charge in [-0.1, -0.05) is 12.1 Å². The van der Waals surface area contributed by atoms with Crippen LogP contribution in [0.25, 0.3) is 0 Å². The number of amides is 2. The molecule has 0 bridgehead atoms. The van der Waals surface area contributed by atoms with E-state index in [1.165, 1.54) is 0 Å². The maximum atomic E-state index is 11.9. The van der Waals surface area contributed by atoms with Gasteiger partial charge in [0, 0.05) is 24.8 Å². The second-order valence-corrected chi connectivity index (χ2v) is 4.33. The Morgan fingerprint density at radius 1 is 1.47 bits per heavy atom. The third kappa shape index (κ3) is 4.60. The van der Waals surface area contributed by atoms with Gasteiger partial charge in [-0.15, -0.1) is 0 Å². The minimum atomic E-state index is -0.189. The zero-order chi connectivity index (χ0) is 14.3. The van der Waals surface area contributed by atoms with E-state index in [0.717, 1.165) is 11.3 Å².